The number of ether oxygens (including phenoxy) is 2. The first-order valence-electron chi connectivity index (χ1n) is 28.6. The smallest absolute Gasteiger partial charge is 0.287 e. The molecule has 0 spiro atoms. The van der Waals surface area contributed by atoms with E-state index in [1.807, 2.05) is 90.1 Å². The lowest BCUT2D eigenvalue weighted by atomic mass is 10.0. The summed E-state index contributed by atoms with van der Waals surface area (Å²) in [7, 11) is 0. The molecule has 83 heavy (non-hydrogen) atoms. The van der Waals surface area contributed by atoms with Crippen molar-refractivity contribution in [2.75, 3.05) is 62.2 Å². The van der Waals surface area contributed by atoms with Crippen molar-refractivity contribution in [2.45, 2.75) is 82.2 Å². The van der Waals surface area contributed by atoms with Crippen LogP contribution in [0.15, 0.2) is 155 Å². The fraction of sp³-hybridized carbons (Fsp3) is 0.328. The van der Waals surface area contributed by atoms with E-state index in [0.29, 0.717) is 59.5 Å². The fourth-order valence-corrected chi connectivity index (χ4v) is 11.3. The van der Waals surface area contributed by atoms with Crippen LogP contribution in [0, 0.1) is 0 Å². The molecule has 4 saturated heterocycles. The maximum Gasteiger partial charge on any atom is 0.287 e. The molecule has 428 valence electrons. The summed E-state index contributed by atoms with van der Waals surface area (Å²) in [4.78, 5) is 78.1. The van der Waals surface area contributed by atoms with Crippen LogP contribution in [0.25, 0.3) is 21.9 Å². The summed E-state index contributed by atoms with van der Waals surface area (Å²) >= 11 is 0. The summed E-state index contributed by atoms with van der Waals surface area (Å²) < 4.78 is 24.3. The summed E-state index contributed by atoms with van der Waals surface area (Å²) in [6, 6.07) is 37.3. The standard InChI is InChI=1S/C32H33N5O5.C32H35N5O4/c33-30(38)21-1-3-25(4-2-21)36-17-11-26(12-18-36)41-27-5-6-28-23(19-27)20-29(42-28)31(39)35-24-9-15-37(16-10-24)32(40)22-7-13-34-14-8-22;33-31(38)23-1-3-26(4-2-23)37-17-11-27(12-18-37)40-28-5-6-29-24(19-28)20-30(41-29)32(39)35-25-9-15-36(16-10-25)21-22-7-13-34-14-8-22/h1-8,13-14,19-20,24,26H,9-12,15-18H2,(H2,33,38)(H,35,39);1-8,13-14,19-20,25,27H,9-12,15-18,21H2,(H2,33,38)(H,35,39). The zero-order valence-electron chi connectivity index (χ0n) is 46.2. The second-order valence-corrected chi connectivity index (χ2v) is 21.7. The molecule has 19 heteroatoms. The Hall–Kier alpha value is -9.23. The van der Waals surface area contributed by atoms with Gasteiger partial charge in [0.2, 0.25) is 11.8 Å². The van der Waals surface area contributed by atoms with Crippen molar-refractivity contribution >= 4 is 62.8 Å². The van der Waals surface area contributed by atoms with E-state index in [4.69, 9.17) is 29.8 Å². The van der Waals surface area contributed by atoms with Crippen molar-refractivity contribution in [3.63, 3.8) is 0 Å². The third-order valence-electron chi connectivity index (χ3n) is 16.1. The number of primary amides is 2. The lowest BCUT2D eigenvalue weighted by Crippen LogP contribution is -2.46. The van der Waals surface area contributed by atoms with Gasteiger partial charge in [-0.2, -0.15) is 0 Å². The number of carbonyl (C=O) groups is 5. The van der Waals surface area contributed by atoms with Gasteiger partial charge in [-0.3, -0.25) is 38.8 Å². The molecule has 8 heterocycles. The number of hydrogen-bond acceptors (Lipinski definition) is 14. The van der Waals surface area contributed by atoms with Gasteiger partial charge in [-0.25, -0.2) is 0 Å². The number of nitrogens with one attached hydrogen (secondary N) is 2. The second-order valence-electron chi connectivity index (χ2n) is 21.7. The average molecular weight is 1120 g/mol. The average Bonchev–Trinajstić information content (AvgIpc) is 4.31. The molecular weight excluding hydrogens is 1050 g/mol. The molecule has 0 saturated carbocycles. The Kier molecular flexibility index (Phi) is 17.2. The quantitative estimate of drug-likeness (QED) is 0.0754. The molecule has 0 unspecified atom stereocenters. The molecule has 0 atom stereocenters. The topological polar surface area (TPSA) is 245 Å². The van der Waals surface area contributed by atoms with Gasteiger partial charge in [0, 0.05) is 160 Å². The first-order chi connectivity index (χ1) is 40.4. The number of anilines is 2. The Morgan fingerprint density at radius 1 is 0.482 bits per heavy atom. The van der Waals surface area contributed by atoms with Gasteiger partial charge in [0.25, 0.3) is 17.7 Å². The fourth-order valence-electron chi connectivity index (χ4n) is 11.3. The molecular formula is C64H68N10O9. The molecule has 0 aliphatic carbocycles. The number of aromatic nitrogens is 2. The molecule has 4 aromatic carbocycles. The van der Waals surface area contributed by atoms with Crippen molar-refractivity contribution < 1.29 is 42.3 Å². The van der Waals surface area contributed by atoms with Gasteiger partial charge >= 0.3 is 0 Å². The zero-order valence-corrected chi connectivity index (χ0v) is 46.2. The van der Waals surface area contributed by atoms with Gasteiger partial charge in [0.1, 0.15) is 34.9 Å². The molecule has 5 amide bonds. The molecule has 19 nitrogen and oxygen atoms in total. The minimum atomic E-state index is -0.427. The largest absolute Gasteiger partial charge is 0.490 e. The number of hydrogen-bond donors (Lipinski definition) is 4. The van der Waals surface area contributed by atoms with Crippen LogP contribution in [0.4, 0.5) is 11.4 Å². The van der Waals surface area contributed by atoms with E-state index in [-0.39, 0.29) is 47.8 Å². The van der Waals surface area contributed by atoms with Gasteiger partial charge < -0.3 is 55.1 Å². The van der Waals surface area contributed by atoms with Crippen LogP contribution >= 0.6 is 0 Å². The molecule has 0 bridgehead atoms. The van der Waals surface area contributed by atoms with Gasteiger partial charge in [0.05, 0.1) is 0 Å². The summed E-state index contributed by atoms with van der Waals surface area (Å²) in [5.41, 5.74) is 17.0. The second kappa shape index (κ2) is 25.7. The van der Waals surface area contributed by atoms with Gasteiger partial charge in [0.15, 0.2) is 11.5 Å². The normalized spacial score (nSPS) is 16.7. The summed E-state index contributed by atoms with van der Waals surface area (Å²) in [5.74, 6) is 0.807. The van der Waals surface area contributed by atoms with E-state index >= 15 is 0 Å². The van der Waals surface area contributed by atoms with Gasteiger partial charge in [-0.15, -0.1) is 0 Å². The number of pyridine rings is 2. The van der Waals surface area contributed by atoms with Crippen molar-refractivity contribution in [2.24, 2.45) is 11.5 Å². The van der Waals surface area contributed by atoms with Crippen molar-refractivity contribution in [3.05, 3.63) is 180 Å². The molecule has 8 aromatic rings. The Morgan fingerprint density at radius 3 is 1.34 bits per heavy atom. The first-order valence-corrected chi connectivity index (χ1v) is 28.6. The third-order valence-corrected chi connectivity index (χ3v) is 16.1. The van der Waals surface area contributed by atoms with Crippen LogP contribution in [0.1, 0.15) is 109 Å². The summed E-state index contributed by atoms with van der Waals surface area (Å²) in [6.07, 6.45) is 13.7. The molecule has 0 radical (unpaired) electrons. The van der Waals surface area contributed by atoms with E-state index in [9.17, 15) is 24.0 Å². The molecule has 4 aliphatic rings. The van der Waals surface area contributed by atoms with Crippen LogP contribution in [0.5, 0.6) is 11.5 Å². The van der Waals surface area contributed by atoms with Gasteiger partial charge in [-0.05, 0) is 153 Å². The number of benzene rings is 4. The first kappa shape index (κ1) is 55.7. The van der Waals surface area contributed by atoms with E-state index in [0.717, 1.165) is 118 Å². The Balaban J connectivity index is 0.000000174. The lowest BCUT2D eigenvalue weighted by Gasteiger charge is -2.33. The molecule has 4 fully saturated rings. The maximum atomic E-state index is 13.0. The number of carbonyl (C=O) groups excluding carboxylic acids is 5. The van der Waals surface area contributed by atoms with Crippen LogP contribution in [-0.4, -0.2) is 126 Å². The number of rotatable bonds is 15. The number of nitrogens with zero attached hydrogens (tertiary/aromatic N) is 6. The summed E-state index contributed by atoms with van der Waals surface area (Å²) in [6.45, 7) is 7.35. The highest BCUT2D eigenvalue weighted by molar-refractivity contribution is 5.98. The minimum Gasteiger partial charge on any atom is -0.490 e. The lowest BCUT2D eigenvalue weighted by molar-refractivity contribution is 0.0694. The predicted molar refractivity (Wildman–Crippen MR) is 315 cm³/mol. The number of nitrogens with two attached hydrogens (primary N) is 2. The minimum absolute atomic E-state index is 0.0144. The van der Waals surface area contributed by atoms with Crippen LogP contribution < -0.4 is 41.4 Å². The Morgan fingerprint density at radius 2 is 0.904 bits per heavy atom. The molecule has 4 aromatic heterocycles. The zero-order chi connectivity index (χ0) is 57.2. The maximum absolute atomic E-state index is 13.0. The number of furan rings is 2. The molecule has 4 aliphatic heterocycles. The van der Waals surface area contributed by atoms with Crippen LogP contribution in [-0.2, 0) is 6.54 Å². The monoisotopic (exact) mass is 1120 g/mol. The Bertz CT molecular complexity index is 3530. The Labute approximate surface area is 480 Å². The van der Waals surface area contributed by atoms with E-state index in [2.05, 4.69) is 35.3 Å². The van der Waals surface area contributed by atoms with Gasteiger partial charge in [-0.1, -0.05) is 0 Å². The third kappa shape index (κ3) is 14.1. The number of amides is 5. The SMILES string of the molecule is NC(=O)c1ccc(N2CCC(Oc3ccc4oc(C(=O)NC5CCN(C(=O)c6ccncc6)CC5)cc4c3)CC2)cc1.NC(=O)c1ccc(N2CCC(Oc3ccc4oc(C(=O)NC5CCN(Cc6ccncc6)CC5)cc4c3)CC2)cc1. The highest BCUT2D eigenvalue weighted by atomic mass is 16.5. The van der Waals surface area contributed by atoms with E-state index in [1.165, 1.54) is 5.56 Å². The predicted octanol–water partition coefficient (Wildman–Crippen LogP) is 8.38. The number of fused-ring (bicyclic) bond motifs is 2. The highest BCUT2D eigenvalue weighted by Crippen LogP contribution is 2.31. The van der Waals surface area contributed by atoms with Crippen molar-refractivity contribution in [1.82, 2.24) is 30.4 Å². The van der Waals surface area contributed by atoms with Crippen LogP contribution in [0.3, 0.4) is 0 Å². The van der Waals surface area contributed by atoms with E-state index < -0.39 is 11.8 Å². The number of likely N-dealkylation sites (tertiary alicyclic amines) is 2. The van der Waals surface area contributed by atoms with Crippen LogP contribution in [0.2, 0.25) is 0 Å². The molecule has 6 N–H and O–H groups in total. The summed E-state index contributed by atoms with van der Waals surface area (Å²) in [5, 5.41) is 7.88. The van der Waals surface area contributed by atoms with Crippen molar-refractivity contribution in [3.8, 4) is 11.5 Å². The van der Waals surface area contributed by atoms with E-state index in [1.54, 1.807) is 60.9 Å². The highest BCUT2D eigenvalue weighted by Gasteiger charge is 2.28. The molecule has 12 rings (SSSR count). The number of piperidine rings is 4. The van der Waals surface area contributed by atoms with Crippen molar-refractivity contribution in [1.29, 1.82) is 0 Å².